The van der Waals surface area contributed by atoms with Crippen LogP contribution in [0.4, 0.5) is 11.4 Å². The van der Waals surface area contributed by atoms with Crippen molar-refractivity contribution < 1.29 is 81.3 Å². The number of allylic oxidation sites excluding steroid dienone is 10. The van der Waals surface area contributed by atoms with E-state index in [0.29, 0.717) is 16.8 Å². The SMILES string of the molecule is CCCCN(/C=C/C=C(/C(=O)OCC)S(=O)(=O)c1cccc2ccccc12)CCCC.CCCOC(=O)/C(=C/C=C/N1CCCC1)S(=O)(=O)c1ccc(C)cc1.CCN(/C=C/C=C(/C(=O)OCc1ccccc1)S(=O)(=O)c1cccc(Cl)c1)CC.CCOC(=O)/C(=C/C=C/N(c1ccccc1)c1ccccc1)S(=O)(=O)c1ccc(Cl)cc1.CCOC(=O)/C(C#N)=C/C=C/N(CC)CC. The summed E-state index contributed by atoms with van der Waals surface area (Å²) < 4.78 is 130. The highest BCUT2D eigenvalue weighted by Crippen LogP contribution is 2.32. The van der Waals surface area contributed by atoms with Crippen LogP contribution in [0.3, 0.4) is 0 Å². The number of rotatable bonds is 42. The average Bonchev–Trinajstić information content (AvgIpc) is 1.24. The minimum atomic E-state index is -4.11. The Kier molecular flexibility index (Phi) is 50.1. The van der Waals surface area contributed by atoms with Crippen LogP contribution in [0.25, 0.3) is 10.8 Å². The molecule has 0 radical (unpaired) electrons. The Labute approximate surface area is 796 Å². The zero-order valence-electron chi connectivity index (χ0n) is 77.4. The molecule has 9 rings (SSSR count). The van der Waals surface area contributed by atoms with Gasteiger partial charge in [0.05, 0.1) is 46.0 Å². The fourth-order valence-electron chi connectivity index (χ4n) is 12.3. The van der Waals surface area contributed by atoms with Gasteiger partial charge < -0.3 is 48.2 Å². The van der Waals surface area contributed by atoms with Crippen LogP contribution >= 0.6 is 23.2 Å². The van der Waals surface area contributed by atoms with Crippen molar-refractivity contribution in [3.8, 4) is 6.07 Å². The third-order valence-corrected chi connectivity index (χ3v) is 27.1. The smallest absolute Gasteiger partial charge is 0.350 e. The molecule has 0 bridgehead atoms. The van der Waals surface area contributed by atoms with Gasteiger partial charge in [-0.15, -0.1) is 0 Å². The number of para-hydroxylation sites is 2. The van der Waals surface area contributed by atoms with Crippen LogP contribution in [0, 0.1) is 18.3 Å². The van der Waals surface area contributed by atoms with E-state index in [1.165, 1.54) is 103 Å². The zero-order valence-corrected chi connectivity index (χ0v) is 82.1. The molecule has 0 atom stereocenters. The van der Waals surface area contributed by atoms with Gasteiger partial charge in [0, 0.05) is 85.4 Å². The molecule has 1 saturated heterocycles. The molecule has 0 aliphatic carbocycles. The highest BCUT2D eigenvalue weighted by molar-refractivity contribution is 7.97. The topological polar surface area (TPSA) is 308 Å². The molecule has 1 heterocycles. The number of unbranched alkanes of at least 4 members (excludes halogenated alkanes) is 2. The number of anilines is 2. The summed E-state index contributed by atoms with van der Waals surface area (Å²) in [5.41, 5.74) is 3.49. The molecule has 0 unspecified atom stereocenters. The number of fused-ring (bicyclic) bond motifs is 1. The molecule has 8 aromatic carbocycles. The number of hydrogen-bond acceptors (Lipinski definition) is 24. The van der Waals surface area contributed by atoms with Crippen LogP contribution in [0.5, 0.6) is 0 Å². The van der Waals surface area contributed by atoms with Crippen molar-refractivity contribution in [1.29, 1.82) is 5.26 Å². The van der Waals surface area contributed by atoms with Gasteiger partial charge in [0.2, 0.25) is 39.3 Å². The van der Waals surface area contributed by atoms with Crippen molar-refractivity contribution in [2.45, 2.75) is 147 Å². The highest BCUT2D eigenvalue weighted by atomic mass is 35.5. The molecule has 0 amide bonds. The Balaban J connectivity index is 0.000000299. The maximum atomic E-state index is 13.5. The van der Waals surface area contributed by atoms with Crippen LogP contribution in [0.2, 0.25) is 10.0 Å². The third-order valence-electron chi connectivity index (χ3n) is 19.5. The second-order valence-electron chi connectivity index (χ2n) is 29.1. The predicted molar refractivity (Wildman–Crippen MR) is 529 cm³/mol. The normalized spacial score (nSPS) is 12.8. The molecule has 8 aromatic rings. The lowest BCUT2D eigenvalue weighted by atomic mass is 10.1. The van der Waals surface area contributed by atoms with Crippen LogP contribution in [0.15, 0.2) is 343 Å². The van der Waals surface area contributed by atoms with E-state index in [4.69, 9.17) is 52.1 Å². The molecule has 24 nitrogen and oxygen atoms in total. The monoisotopic (exact) mass is 1930 g/mol. The number of esters is 5. The number of sulfone groups is 4. The lowest BCUT2D eigenvalue weighted by molar-refractivity contribution is -0.140. The first-order valence-corrected chi connectivity index (χ1v) is 50.7. The third kappa shape index (κ3) is 37.0. The number of hydrogen-bond donors (Lipinski definition) is 0. The summed E-state index contributed by atoms with van der Waals surface area (Å²) in [7, 11) is -16.2. The number of halogens is 2. The van der Waals surface area contributed by atoms with Gasteiger partial charge in [-0.3, -0.25) is 0 Å². The Morgan fingerprint density at radius 1 is 0.406 bits per heavy atom. The van der Waals surface area contributed by atoms with Gasteiger partial charge in [-0.1, -0.05) is 184 Å². The van der Waals surface area contributed by atoms with Crippen LogP contribution in [-0.2, 0) is 93.6 Å². The van der Waals surface area contributed by atoms with E-state index in [1.807, 2.05) is 173 Å². The quantitative estimate of drug-likeness (QED) is 0.0113. The number of nitriles is 1. The van der Waals surface area contributed by atoms with E-state index < -0.39 is 79.0 Å². The number of carbonyl (C=O) groups excluding carboxylic acids is 5. The van der Waals surface area contributed by atoms with E-state index in [9.17, 15) is 57.6 Å². The fourth-order valence-corrected chi connectivity index (χ4v) is 18.0. The predicted octanol–water partition coefficient (Wildman–Crippen LogP) is 21.1. The van der Waals surface area contributed by atoms with Gasteiger partial charge in [-0.2, -0.15) is 5.26 Å². The molecule has 0 spiro atoms. The van der Waals surface area contributed by atoms with E-state index in [2.05, 4.69) is 28.5 Å². The first-order chi connectivity index (χ1) is 63.9. The Morgan fingerprint density at radius 2 is 0.820 bits per heavy atom. The average molecular weight is 1930 g/mol. The minimum Gasteiger partial charge on any atom is -0.462 e. The van der Waals surface area contributed by atoms with E-state index in [0.717, 1.165) is 119 Å². The first kappa shape index (κ1) is 111. The molecule has 133 heavy (non-hydrogen) atoms. The summed E-state index contributed by atoms with van der Waals surface area (Å²) in [6.45, 7) is 28.6. The Bertz CT molecular complexity index is 5830. The molecule has 1 aliphatic rings. The maximum Gasteiger partial charge on any atom is 0.350 e. The van der Waals surface area contributed by atoms with Crippen molar-refractivity contribution in [1.82, 2.24) is 19.6 Å². The van der Waals surface area contributed by atoms with Gasteiger partial charge in [0.1, 0.15) is 18.2 Å². The molecule has 0 N–H and O–H groups in total. The van der Waals surface area contributed by atoms with Crippen molar-refractivity contribution in [3.63, 3.8) is 0 Å². The van der Waals surface area contributed by atoms with Crippen LogP contribution in [-0.4, -0.2) is 162 Å². The summed E-state index contributed by atoms with van der Waals surface area (Å²) in [4.78, 5) is 70.0. The van der Waals surface area contributed by atoms with E-state index >= 15 is 0 Å². The minimum absolute atomic E-state index is 0.0188. The highest BCUT2D eigenvalue weighted by Gasteiger charge is 2.33. The lowest BCUT2D eigenvalue weighted by Crippen LogP contribution is -2.20. The number of ether oxygens (including phenoxy) is 5. The summed E-state index contributed by atoms with van der Waals surface area (Å²) >= 11 is 11.8. The maximum absolute atomic E-state index is 13.5. The zero-order chi connectivity index (χ0) is 97.6. The van der Waals surface area contributed by atoms with Crippen LogP contribution in [0.1, 0.15) is 125 Å². The van der Waals surface area contributed by atoms with Gasteiger partial charge in [0.25, 0.3) is 0 Å². The molecule has 0 aromatic heterocycles. The number of likely N-dealkylation sites (tertiary alicyclic amines) is 1. The Hall–Kier alpha value is -12.4. The molecular weight excluding hydrogens is 1810 g/mol. The van der Waals surface area contributed by atoms with Gasteiger partial charge in [0.15, 0.2) is 19.6 Å². The second-order valence-corrected chi connectivity index (χ2v) is 37.6. The Morgan fingerprint density at radius 3 is 1.30 bits per heavy atom. The van der Waals surface area contributed by atoms with Crippen LogP contribution < -0.4 is 4.90 Å². The first-order valence-electron chi connectivity index (χ1n) is 44.0. The summed E-state index contributed by atoms with van der Waals surface area (Å²) in [5, 5.41) is 10.8. The van der Waals surface area contributed by atoms with Gasteiger partial charge >= 0.3 is 29.8 Å². The molecule has 710 valence electrons. The van der Waals surface area contributed by atoms with E-state index in [1.54, 1.807) is 99.9 Å². The molecule has 30 heteroatoms. The lowest BCUT2D eigenvalue weighted by Gasteiger charge is -2.20. The second kappa shape index (κ2) is 59.9. The summed E-state index contributed by atoms with van der Waals surface area (Å²) in [5.74, 6) is -4.06. The van der Waals surface area contributed by atoms with Gasteiger partial charge in [-0.25, -0.2) is 57.6 Å². The molecular formula is C103H122Cl2N6O18S4. The fraction of sp³-hybridized carbons (Fsp3) is 0.301. The van der Waals surface area contributed by atoms with E-state index in [-0.39, 0.29) is 73.0 Å². The molecule has 0 saturated carbocycles. The summed E-state index contributed by atoms with van der Waals surface area (Å²) in [6.07, 6.45) is 30.8. The molecule has 1 fully saturated rings. The van der Waals surface area contributed by atoms with Crippen molar-refractivity contribution >= 4 is 115 Å². The largest absolute Gasteiger partial charge is 0.462 e. The molecule has 1 aliphatic heterocycles. The number of carbonyl (C=O) groups is 5. The van der Waals surface area contributed by atoms with Crippen molar-refractivity contribution in [2.24, 2.45) is 0 Å². The van der Waals surface area contributed by atoms with Gasteiger partial charge in [-0.05, 0) is 269 Å². The number of aryl methyl sites for hydroxylation is 1. The van der Waals surface area contributed by atoms with Crippen molar-refractivity contribution in [2.75, 3.05) is 83.7 Å². The number of nitrogens with zero attached hydrogens (tertiary/aromatic N) is 6. The number of benzene rings is 8. The summed E-state index contributed by atoms with van der Waals surface area (Å²) in [6, 6.07) is 60.2. The standard InChI is InChI=1S/C25H22ClNO4S.C25H33NO4S.C22H24ClNO4S.C19H25NO4S.C12H18N2O2/c1-2-31-25(28)24(32(29,30)23-17-15-20(26)16-18-23)14-9-19-27(21-10-5-3-6-11-21)22-12-7-4-8-13-22;1-4-7-18-26(19-8-5-2)20-12-17-24(25(27)30-6-3)31(28,29)23-16-11-14-21-13-9-10-15-22(21)23;1-3-24(4-2)15-9-14-21(22(25)28-17-18-10-6-5-7-11-18)29(26,27)20-13-8-12-19(23)16-20;1-3-15-24-19(21)18(7-6-14-20-12-4-5-13-20)25(22,23)17-10-8-16(2)9-11-17;1-4-14(5-2)9-7-8-11(10-13)12(15)16-6-3/h3-19H,2H2,1H3;9-17,20H,4-8,18-19H2,1-3H3;5-16H,3-4,17H2,1-2H3;6-11,14H,3-5,12-13,15H2,1-2H3;7-9H,4-6H2,1-3H3/b19-9+,24-14-;20-12+,24-17-;15-9+,21-14-;14-6+,18-7-;9-7+,11-8+. The van der Waals surface area contributed by atoms with Crippen molar-refractivity contribution in [3.05, 3.63) is 344 Å².